The van der Waals surface area contributed by atoms with Crippen molar-refractivity contribution in [3.63, 3.8) is 0 Å². The molecular weight excluding hydrogens is 305 g/mol. The molecule has 0 atom stereocenters. The molecule has 0 radical (unpaired) electrons. The maximum atomic E-state index is 12.9. The van der Waals surface area contributed by atoms with Gasteiger partial charge in [-0.05, 0) is 54.8 Å². The first kappa shape index (κ1) is 16.0. The zero-order chi connectivity index (χ0) is 16.9. The first-order valence-corrected chi connectivity index (χ1v) is 8.02. The predicted octanol–water partition coefficient (Wildman–Crippen LogP) is 4.29. The third-order valence-electron chi connectivity index (χ3n) is 4.26. The van der Waals surface area contributed by atoms with Crippen LogP contribution in [0.1, 0.15) is 37.3 Å². The average Bonchev–Trinajstić information content (AvgIpc) is 3.25. The lowest BCUT2D eigenvalue weighted by molar-refractivity contribution is -0.112. The van der Waals surface area contributed by atoms with Crippen LogP contribution in [0.2, 0.25) is 0 Å². The van der Waals surface area contributed by atoms with Crippen LogP contribution in [0, 0.1) is 17.1 Å². The van der Waals surface area contributed by atoms with E-state index in [9.17, 15) is 14.4 Å². The molecule has 1 aromatic heterocycles. The Morgan fingerprint density at radius 2 is 1.96 bits per heavy atom. The molecule has 5 heteroatoms. The lowest BCUT2D eigenvalue weighted by atomic mass is 10.2. The number of hydrogen-bond acceptors (Lipinski definition) is 2. The molecule has 1 N–H and O–H groups in total. The van der Waals surface area contributed by atoms with E-state index in [4.69, 9.17) is 0 Å². The summed E-state index contributed by atoms with van der Waals surface area (Å²) in [5.74, 6) is -0.880. The molecule has 1 amide bonds. The number of hydrogen-bond donors (Lipinski definition) is 1. The maximum Gasteiger partial charge on any atom is 0.266 e. The van der Waals surface area contributed by atoms with Gasteiger partial charge in [-0.3, -0.25) is 4.79 Å². The van der Waals surface area contributed by atoms with E-state index in [1.165, 1.54) is 49.9 Å². The lowest BCUT2D eigenvalue weighted by Crippen LogP contribution is -2.13. The smallest absolute Gasteiger partial charge is 0.266 e. The topological polar surface area (TPSA) is 57.8 Å². The quantitative estimate of drug-likeness (QED) is 0.674. The Morgan fingerprint density at radius 1 is 1.25 bits per heavy atom. The van der Waals surface area contributed by atoms with Crippen molar-refractivity contribution in [3.8, 4) is 6.07 Å². The lowest BCUT2D eigenvalue weighted by Gasteiger charge is -2.10. The molecule has 1 heterocycles. The average molecular weight is 323 g/mol. The zero-order valence-electron chi connectivity index (χ0n) is 13.2. The van der Waals surface area contributed by atoms with Crippen LogP contribution in [0.25, 0.3) is 6.08 Å². The predicted molar refractivity (Wildman–Crippen MR) is 90.6 cm³/mol. The largest absolute Gasteiger partial charge is 0.351 e. The third-order valence-corrected chi connectivity index (χ3v) is 4.26. The Hall–Kier alpha value is -2.87. The van der Waals surface area contributed by atoms with Gasteiger partial charge in [0, 0.05) is 24.1 Å². The molecule has 1 aliphatic rings. The molecule has 1 saturated carbocycles. The molecule has 0 spiro atoms. The van der Waals surface area contributed by atoms with Gasteiger partial charge in [0.1, 0.15) is 17.5 Å². The fourth-order valence-corrected chi connectivity index (χ4v) is 2.99. The van der Waals surface area contributed by atoms with Crippen molar-refractivity contribution in [2.45, 2.75) is 31.7 Å². The van der Waals surface area contributed by atoms with Crippen molar-refractivity contribution in [2.24, 2.45) is 0 Å². The van der Waals surface area contributed by atoms with Gasteiger partial charge in [-0.1, -0.05) is 12.8 Å². The second-order valence-corrected chi connectivity index (χ2v) is 5.96. The minimum Gasteiger partial charge on any atom is -0.351 e. The summed E-state index contributed by atoms with van der Waals surface area (Å²) < 4.78 is 15.0. The van der Waals surface area contributed by atoms with E-state index in [1.807, 2.05) is 24.5 Å². The number of nitrogens with zero attached hydrogens (tertiary/aromatic N) is 2. The highest BCUT2D eigenvalue weighted by atomic mass is 19.1. The van der Waals surface area contributed by atoms with Gasteiger partial charge in [-0.25, -0.2) is 4.39 Å². The Morgan fingerprint density at radius 3 is 2.62 bits per heavy atom. The van der Waals surface area contributed by atoms with Crippen LogP contribution in [0.3, 0.4) is 0 Å². The molecule has 122 valence electrons. The van der Waals surface area contributed by atoms with Crippen LogP contribution in [-0.4, -0.2) is 10.5 Å². The van der Waals surface area contributed by atoms with Gasteiger partial charge in [0.2, 0.25) is 0 Å². The summed E-state index contributed by atoms with van der Waals surface area (Å²) in [6.45, 7) is 0. The van der Waals surface area contributed by atoms with Gasteiger partial charge in [-0.15, -0.1) is 0 Å². The number of nitriles is 1. The van der Waals surface area contributed by atoms with Gasteiger partial charge in [0.25, 0.3) is 5.91 Å². The summed E-state index contributed by atoms with van der Waals surface area (Å²) in [6, 6.07) is 9.78. The van der Waals surface area contributed by atoms with Gasteiger partial charge >= 0.3 is 0 Å². The van der Waals surface area contributed by atoms with Crippen molar-refractivity contribution in [1.29, 1.82) is 5.26 Å². The number of anilines is 1. The van der Waals surface area contributed by atoms with E-state index in [1.54, 1.807) is 6.08 Å². The van der Waals surface area contributed by atoms with Crippen LogP contribution >= 0.6 is 0 Å². The number of carbonyl (C=O) groups excluding carboxylic acids is 1. The van der Waals surface area contributed by atoms with Crippen LogP contribution in [0.5, 0.6) is 0 Å². The summed E-state index contributed by atoms with van der Waals surface area (Å²) in [7, 11) is 0. The Balaban J connectivity index is 1.72. The van der Waals surface area contributed by atoms with E-state index in [0.29, 0.717) is 11.7 Å². The normalized spacial score (nSPS) is 15.2. The first-order chi connectivity index (χ1) is 11.7. The summed E-state index contributed by atoms with van der Waals surface area (Å²) >= 11 is 0. The first-order valence-electron chi connectivity index (χ1n) is 8.02. The summed E-state index contributed by atoms with van der Waals surface area (Å²) in [5, 5.41) is 11.9. The standard InChI is InChI=1S/C19H18FN3O/c20-16-5-7-17(8-6-16)22-19(24)15(12-21)11-14-9-10-23(13-14)18-3-1-2-4-18/h5-11,13,18H,1-4H2,(H,22,24)/b15-11+. The van der Waals surface area contributed by atoms with Crippen LogP contribution in [0.15, 0.2) is 48.3 Å². The van der Waals surface area contributed by atoms with E-state index >= 15 is 0 Å². The molecule has 0 aliphatic heterocycles. The minimum atomic E-state index is -0.502. The summed E-state index contributed by atoms with van der Waals surface area (Å²) in [5.41, 5.74) is 1.29. The van der Waals surface area contributed by atoms with Crippen molar-refractivity contribution >= 4 is 17.7 Å². The van der Waals surface area contributed by atoms with Crippen LogP contribution < -0.4 is 5.32 Å². The highest BCUT2D eigenvalue weighted by Crippen LogP contribution is 2.30. The van der Waals surface area contributed by atoms with Crippen molar-refractivity contribution < 1.29 is 9.18 Å². The van der Waals surface area contributed by atoms with E-state index < -0.39 is 5.91 Å². The monoisotopic (exact) mass is 323 g/mol. The zero-order valence-corrected chi connectivity index (χ0v) is 13.2. The number of benzene rings is 1. The number of aromatic nitrogens is 1. The molecule has 0 unspecified atom stereocenters. The second kappa shape index (κ2) is 7.14. The van der Waals surface area contributed by atoms with Crippen molar-refractivity contribution in [2.75, 3.05) is 5.32 Å². The van der Waals surface area contributed by atoms with E-state index in [0.717, 1.165) is 5.56 Å². The molecule has 0 saturated heterocycles. The molecule has 0 bridgehead atoms. The minimum absolute atomic E-state index is 0.0171. The number of rotatable bonds is 4. The van der Waals surface area contributed by atoms with Crippen molar-refractivity contribution in [1.82, 2.24) is 4.57 Å². The second-order valence-electron chi connectivity index (χ2n) is 5.96. The van der Waals surface area contributed by atoms with Gasteiger partial charge in [0.15, 0.2) is 0 Å². The van der Waals surface area contributed by atoms with Crippen LogP contribution in [-0.2, 0) is 4.79 Å². The van der Waals surface area contributed by atoms with Crippen molar-refractivity contribution in [3.05, 3.63) is 59.7 Å². The summed E-state index contributed by atoms with van der Waals surface area (Å²) in [4.78, 5) is 12.2. The van der Waals surface area contributed by atoms with Gasteiger partial charge in [-0.2, -0.15) is 5.26 Å². The van der Waals surface area contributed by atoms with E-state index in [-0.39, 0.29) is 11.4 Å². The molecule has 3 rings (SSSR count). The highest BCUT2D eigenvalue weighted by molar-refractivity contribution is 6.09. The molecule has 1 aromatic carbocycles. The molecular formula is C19H18FN3O. The Bertz CT molecular complexity index is 793. The number of carbonyl (C=O) groups is 1. The fraction of sp³-hybridized carbons (Fsp3) is 0.263. The van der Waals surface area contributed by atoms with E-state index in [2.05, 4.69) is 9.88 Å². The number of nitrogens with one attached hydrogen (secondary N) is 1. The fourth-order valence-electron chi connectivity index (χ4n) is 2.99. The van der Waals surface area contributed by atoms with Gasteiger partial charge in [0.05, 0.1) is 0 Å². The molecule has 24 heavy (non-hydrogen) atoms. The van der Waals surface area contributed by atoms with Gasteiger partial charge < -0.3 is 9.88 Å². The molecule has 1 aliphatic carbocycles. The highest BCUT2D eigenvalue weighted by Gasteiger charge is 2.16. The molecule has 2 aromatic rings. The van der Waals surface area contributed by atoms with Crippen LogP contribution in [0.4, 0.5) is 10.1 Å². The molecule has 4 nitrogen and oxygen atoms in total. The number of amides is 1. The number of halogens is 1. The Kier molecular flexibility index (Phi) is 4.76. The molecule has 1 fully saturated rings. The summed E-state index contributed by atoms with van der Waals surface area (Å²) in [6.07, 6.45) is 10.4. The maximum absolute atomic E-state index is 12.9. The third kappa shape index (κ3) is 3.72. The Labute approximate surface area is 140 Å². The SMILES string of the molecule is N#C/C(=C\c1ccn(C2CCCC2)c1)C(=O)Nc1ccc(F)cc1.